The maximum atomic E-state index is 13.6. The Balaban J connectivity index is 1.71. The smallest absolute Gasteiger partial charge is 0.341 e. The van der Waals surface area contributed by atoms with Crippen molar-refractivity contribution in [2.45, 2.75) is 6.61 Å². The zero-order valence-electron chi connectivity index (χ0n) is 12.0. The highest BCUT2D eigenvalue weighted by molar-refractivity contribution is 6.33. The molecule has 0 aliphatic rings. The van der Waals surface area contributed by atoms with Gasteiger partial charge in [-0.25, -0.2) is 9.18 Å². The van der Waals surface area contributed by atoms with Crippen LogP contribution in [0, 0.1) is 5.82 Å². The lowest BCUT2D eigenvalue weighted by molar-refractivity contribution is 0.0424. The molecule has 5 nitrogen and oxygen atoms in total. The molecule has 0 atom stereocenters. The molecule has 0 bridgehead atoms. The molecule has 0 saturated carbocycles. The monoisotopic (exact) mass is 366 g/mol. The van der Waals surface area contributed by atoms with Crippen LogP contribution in [0.2, 0.25) is 10.0 Å². The topological polar surface area (TPSA) is 65.2 Å². The fourth-order valence-electron chi connectivity index (χ4n) is 1.92. The van der Waals surface area contributed by atoms with Gasteiger partial charge in [0.1, 0.15) is 5.82 Å². The van der Waals surface area contributed by atoms with E-state index in [1.807, 2.05) is 0 Å². The van der Waals surface area contributed by atoms with E-state index in [4.69, 9.17) is 32.5 Å². The number of ether oxygens (including phenoxy) is 1. The number of benzene rings is 2. The molecule has 1 heterocycles. The van der Waals surface area contributed by atoms with Crippen LogP contribution in [-0.4, -0.2) is 16.1 Å². The Kier molecular flexibility index (Phi) is 4.78. The van der Waals surface area contributed by atoms with E-state index in [1.54, 1.807) is 24.3 Å². The van der Waals surface area contributed by atoms with Gasteiger partial charge in [-0.1, -0.05) is 40.5 Å². The SMILES string of the molecule is O=C(OCc1nc(-c2ccccc2Cl)no1)c1cc(Cl)ccc1F. The third-order valence-electron chi connectivity index (χ3n) is 3.06. The molecule has 0 aliphatic heterocycles. The minimum Gasteiger partial charge on any atom is -0.452 e. The van der Waals surface area contributed by atoms with Crippen molar-refractivity contribution in [1.82, 2.24) is 10.1 Å². The van der Waals surface area contributed by atoms with E-state index >= 15 is 0 Å². The van der Waals surface area contributed by atoms with Crippen molar-refractivity contribution < 1.29 is 18.4 Å². The first-order chi connectivity index (χ1) is 11.5. The van der Waals surface area contributed by atoms with Crippen molar-refractivity contribution >= 4 is 29.2 Å². The summed E-state index contributed by atoms with van der Waals surface area (Å²) in [5.41, 5.74) is 0.315. The fraction of sp³-hybridized carbons (Fsp3) is 0.0625. The Bertz CT molecular complexity index is 899. The van der Waals surface area contributed by atoms with Crippen LogP contribution in [0.1, 0.15) is 16.2 Å². The molecule has 2 aromatic carbocycles. The second kappa shape index (κ2) is 6.98. The van der Waals surface area contributed by atoms with Gasteiger partial charge in [-0.05, 0) is 30.3 Å². The molecule has 3 rings (SSSR count). The minimum atomic E-state index is -0.882. The molecule has 0 saturated heterocycles. The summed E-state index contributed by atoms with van der Waals surface area (Å²) in [6.45, 7) is -0.303. The standard InChI is InChI=1S/C16H9Cl2FN2O3/c17-9-5-6-13(19)11(7-9)16(22)23-8-14-20-15(21-24-14)10-3-1-2-4-12(10)18/h1-7H,8H2. The number of rotatable bonds is 4. The molecule has 0 fully saturated rings. The summed E-state index contributed by atoms with van der Waals surface area (Å²) in [6.07, 6.45) is 0. The van der Waals surface area contributed by atoms with Crippen LogP contribution in [0.5, 0.6) is 0 Å². The fourth-order valence-corrected chi connectivity index (χ4v) is 2.32. The number of hydrogen-bond donors (Lipinski definition) is 0. The number of carbonyl (C=O) groups is 1. The molecule has 8 heteroatoms. The molecule has 24 heavy (non-hydrogen) atoms. The highest BCUT2D eigenvalue weighted by Crippen LogP contribution is 2.25. The Hall–Kier alpha value is -2.44. The van der Waals surface area contributed by atoms with E-state index in [0.717, 1.165) is 6.07 Å². The van der Waals surface area contributed by atoms with E-state index < -0.39 is 11.8 Å². The van der Waals surface area contributed by atoms with Gasteiger partial charge in [-0.2, -0.15) is 4.98 Å². The summed E-state index contributed by atoms with van der Waals surface area (Å²) in [4.78, 5) is 16.0. The van der Waals surface area contributed by atoms with Crippen LogP contribution in [0.15, 0.2) is 47.0 Å². The summed E-state index contributed by atoms with van der Waals surface area (Å²) in [7, 11) is 0. The van der Waals surface area contributed by atoms with E-state index in [2.05, 4.69) is 10.1 Å². The summed E-state index contributed by atoms with van der Waals surface area (Å²) >= 11 is 11.8. The zero-order chi connectivity index (χ0) is 17.1. The third kappa shape index (κ3) is 3.55. The third-order valence-corrected chi connectivity index (χ3v) is 3.62. The van der Waals surface area contributed by atoms with Gasteiger partial charge in [-0.15, -0.1) is 0 Å². The van der Waals surface area contributed by atoms with Gasteiger partial charge in [0.15, 0.2) is 6.61 Å². The highest BCUT2D eigenvalue weighted by Gasteiger charge is 2.17. The summed E-state index contributed by atoms with van der Waals surface area (Å²) in [5.74, 6) is -1.29. The van der Waals surface area contributed by atoms with Crippen molar-refractivity contribution in [1.29, 1.82) is 0 Å². The average Bonchev–Trinajstić information content (AvgIpc) is 3.04. The molecule has 3 aromatic rings. The first-order valence-corrected chi connectivity index (χ1v) is 7.50. The van der Waals surface area contributed by atoms with Crippen LogP contribution in [-0.2, 0) is 11.3 Å². The van der Waals surface area contributed by atoms with Crippen molar-refractivity contribution in [3.63, 3.8) is 0 Å². The lowest BCUT2D eigenvalue weighted by Gasteiger charge is -2.03. The molecular formula is C16H9Cl2FN2O3. The Morgan fingerprint density at radius 1 is 1.21 bits per heavy atom. The molecule has 1 aromatic heterocycles. The lowest BCUT2D eigenvalue weighted by Crippen LogP contribution is -2.07. The minimum absolute atomic E-state index is 0.0562. The maximum absolute atomic E-state index is 13.6. The molecule has 0 unspecified atom stereocenters. The van der Waals surface area contributed by atoms with Gasteiger partial charge < -0.3 is 9.26 Å². The zero-order valence-corrected chi connectivity index (χ0v) is 13.5. The number of esters is 1. The van der Waals surface area contributed by atoms with Crippen molar-refractivity contribution in [3.8, 4) is 11.4 Å². The Labute approximate surface area is 146 Å². The Morgan fingerprint density at radius 2 is 2.00 bits per heavy atom. The molecule has 0 radical (unpaired) electrons. The van der Waals surface area contributed by atoms with Gasteiger partial charge in [0.25, 0.3) is 5.89 Å². The molecule has 0 N–H and O–H groups in total. The van der Waals surface area contributed by atoms with Gasteiger partial charge >= 0.3 is 5.97 Å². The van der Waals surface area contributed by atoms with Crippen molar-refractivity contribution in [3.05, 3.63) is 69.8 Å². The lowest BCUT2D eigenvalue weighted by atomic mass is 10.2. The highest BCUT2D eigenvalue weighted by atomic mass is 35.5. The van der Waals surface area contributed by atoms with Gasteiger partial charge in [0.05, 0.1) is 10.6 Å². The first-order valence-electron chi connectivity index (χ1n) is 6.74. The number of halogens is 3. The quantitative estimate of drug-likeness (QED) is 0.634. The number of aromatic nitrogens is 2. The van der Waals surface area contributed by atoms with Gasteiger partial charge in [0.2, 0.25) is 5.82 Å². The molecule has 122 valence electrons. The number of hydrogen-bond acceptors (Lipinski definition) is 5. The normalized spacial score (nSPS) is 10.6. The maximum Gasteiger partial charge on any atom is 0.341 e. The van der Waals surface area contributed by atoms with Crippen LogP contribution < -0.4 is 0 Å². The van der Waals surface area contributed by atoms with Gasteiger partial charge in [-0.3, -0.25) is 0 Å². The number of nitrogens with zero attached hydrogens (tertiary/aromatic N) is 2. The summed E-state index contributed by atoms with van der Waals surface area (Å²) in [5, 5.41) is 4.46. The largest absolute Gasteiger partial charge is 0.452 e. The Morgan fingerprint density at radius 3 is 2.79 bits per heavy atom. The van der Waals surface area contributed by atoms with E-state index in [9.17, 15) is 9.18 Å². The second-order valence-corrected chi connectivity index (χ2v) is 5.54. The van der Waals surface area contributed by atoms with Crippen LogP contribution in [0.25, 0.3) is 11.4 Å². The van der Waals surface area contributed by atoms with Crippen molar-refractivity contribution in [2.24, 2.45) is 0 Å². The second-order valence-electron chi connectivity index (χ2n) is 4.69. The summed E-state index contributed by atoms with van der Waals surface area (Å²) in [6, 6.07) is 10.6. The molecule has 0 amide bonds. The molecule has 0 spiro atoms. The van der Waals surface area contributed by atoms with Crippen molar-refractivity contribution in [2.75, 3.05) is 0 Å². The molecular weight excluding hydrogens is 358 g/mol. The van der Waals surface area contributed by atoms with E-state index in [0.29, 0.717) is 10.6 Å². The molecule has 0 aliphatic carbocycles. The van der Waals surface area contributed by atoms with Crippen LogP contribution in [0.3, 0.4) is 0 Å². The summed E-state index contributed by atoms with van der Waals surface area (Å²) < 4.78 is 23.6. The van der Waals surface area contributed by atoms with Crippen LogP contribution in [0.4, 0.5) is 4.39 Å². The predicted molar refractivity (Wildman–Crippen MR) is 85.3 cm³/mol. The van der Waals surface area contributed by atoms with E-state index in [-0.39, 0.29) is 28.9 Å². The van der Waals surface area contributed by atoms with Gasteiger partial charge in [0, 0.05) is 10.6 Å². The van der Waals surface area contributed by atoms with Crippen LogP contribution >= 0.6 is 23.2 Å². The number of carbonyl (C=O) groups excluding carboxylic acids is 1. The first kappa shape index (κ1) is 16.4. The average molecular weight is 367 g/mol. The van der Waals surface area contributed by atoms with E-state index in [1.165, 1.54) is 12.1 Å². The predicted octanol–water partition coefficient (Wildman–Crippen LogP) is 4.54.